The van der Waals surface area contributed by atoms with Crippen LogP contribution >= 0.6 is 11.3 Å². The molecule has 132 valence electrons. The maximum absolute atomic E-state index is 13.0. The van der Waals surface area contributed by atoms with Gasteiger partial charge in [0.2, 0.25) is 11.0 Å². The lowest BCUT2D eigenvalue weighted by molar-refractivity contribution is -0.141. The highest BCUT2D eigenvalue weighted by Crippen LogP contribution is 2.37. The van der Waals surface area contributed by atoms with E-state index in [-0.39, 0.29) is 5.13 Å². The van der Waals surface area contributed by atoms with Crippen LogP contribution in [0.3, 0.4) is 0 Å². The van der Waals surface area contributed by atoms with Crippen LogP contribution in [-0.4, -0.2) is 28.9 Å². The lowest BCUT2D eigenvalue weighted by atomic mass is 10.2. The summed E-state index contributed by atoms with van der Waals surface area (Å²) < 4.78 is 38.9. The van der Waals surface area contributed by atoms with Gasteiger partial charge in [-0.25, -0.2) is 9.99 Å². The van der Waals surface area contributed by atoms with Crippen molar-refractivity contribution in [2.75, 3.05) is 12.1 Å². The average Bonchev–Trinajstić information content (AvgIpc) is 2.90. The van der Waals surface area contributed by atoms with Crippen molar-refractivity contribution in [1.82, 2.24) is 9.99 Å². The lowest BCUT2D eigenvalue weighted by Crippen LogP contribution is -2.50. The second-order valence-corrected chi connectivity index (χ2v) is 6.58. The number of nitriles is 1. The highest BCUT2D eigenvalue weighted by Gasteiger charge is 2.40. The van der Waals surface area contributed by atoms with Crippen molar-refractivity contribution in [1.29, 1.82) is 5.26 Å². The molecule has 1 heterocycles. The molecule has 1 aromatic heterocycles. The molecule has 1 rings (SSSR count). The number of hydrogen-bond donors (Lipinski definition) is 0. The van der Waals surface area contributed by atoms with Crippen molar-refractivity contribution in [3.63, 3.8) is 0 Å². The van der Waals surface area contributed by atoms with E-state index in [0.717, 1.165) is 10.0 Å². The Balaban J connectivity index is 3.47. The van der Waals surface area contributed by atoms with Crippen LogP contribution in [0.4, 0.5) is 18.3 Å². The number of hydrazine groups is 1. The maximum atomic E-state index is 13.0. The van der Waals surface area contributed by atoms with Crippen molar-refractivity contribution in [3.05, 3.63) is 10.6 Å². The molecule has 0 aliphatic rings. The van der Waals surface area contributed by atoms with Crippen molar-refractivity contribution < 1.29 is 22.8 Å². The van der Waals surface area contributed by atoms with E-state index >= 15 is 0 Å². The highest BCUT2D eigenvalue weighted by molar-refractivity contribution is 7.16. The first-order valence-corrected chi connectivity index (χ1v) is 7.83. The van der Waals surface area contributed by atoms with Crippen molar-refractivity contribution in [2.24, 2.45) is 11.8 Å². The molecular formula is C14H17F3N4O2S. The summed E-state index contributed by atoms with van der Waals surface area (Å²) in [4.78, 5) is 27.3. The Hall–Kier alpha value is -2.15. The molecular weight excluding hydrogens is 345 g/mol. The van der Waals surface area contributed by atoms with E-state index < -0.39 is 40.4 Å². The van der Waals surface area contributed by atoms with Crippen LogP contribution in [-0.2, 0) is 15.8 Å². The molecule has 0 aliphatic heterocycles. The van der Waals surface area contributed by atoms with Gasteiger partial charge in [-0.15, -0.1) is 0 Å². The number of aromatic nitrogens is 1. The fraction of sp³-hybridized carbons (Fsp3) is 0.571. The van der Waals surface area contributed by atoms with Crippen LogP contribution in [0.2, 0.25) is 0 Å². The van der Waals surface area contributed by atoms with E-state index in [1.165, 1.54) is 13.1 Å². The van der Waals surface area contributed by atoms with Gasteiger partial charge in [-0.1, -0.05) is 39.0 Å². The molecule has 0 aliphatic carbocycles. The van der Waals surface area contributed by atoms with Crippen LogP contribution in [0.15, 0.2) is 0 Å². The standard InChI is InChI=1S/C14H17F3N4O2S/c1-7(2)11(22)20(5)21(12(23)8(3)4)13-19-10(14(15,16)17)9(6-18)24-13/h7-8H,1-5H3. The number of amides is 2. The van der Waals surface area contributed by atoms with Crippen molar-refractivity contribution >= 4 is 28.3 Å². The van der Waals surface area contributed by atoms with E-state index in [2.05, 4.69) is 4.98 Å². The van der Waals surface area contributed by atoms with Crippen LogP contribution in [0.25, 0.3) is 0 Å². The second-order valence-electron chi connectivity index (χ2n) is 5.61. The molecule has 0 bridgehead atoms. The Morgan fingerprint density at radius 3 is 2.00 bits per heavy atom. The van der Waals surface area contributed by atoms with Crippen LogP contribution < -0.4 is 5.01 Å². The Bertz CT molecular complexity index is 677. The van der Waals surface area contributed by atoms with Crippen molar-refractivity contribution in [2.45, 2.75) is 33.9 Å². The first-order chi connectivity index (χ1) is 10.9. The minimum absolute atomic E-state index is 0.367. The van der Waals surface area contributed by atoms with E-state index in [4.69, 9.17) is 5.26 Å². The largest absolute Gasteiger partial charge is 0.435 e. The van der Waals surface area contributed by atoms with Gasteiger partial charge in [0.15, 0.2) is 5.69 Å². The highest BCUT2D eigenvalue weighted by atomic mass is 32.1. The van der Waals surface area contributed by atoms with Gasteiger partial charge in [-0.2, -0.15) is 23.4 Å². The van der Waals surface area contributed by atoms with E-state index in [1.807, 2.05) is 0 Å². The number of rotatable bonds is 3. The van der Waals surface area contributed by atoms with Gasteiger partial charge in [0.05, 0.1) is 0 Å². The molecule has 0 N–H and O–H groups in total. The monoisotopic (exact) mass is 362 g/mol. The molecule has 6 nitrogen and oxygen atoms in total. The fourth-order valence-electron chi connectivity index (χ4n) is 1.75. The van der Waals surface area contributed by atoms with Gasteiger partial charge in [0.25, 0.3) is 5.91 Å². The normalized spacial score (nSPS) is 11.5. The number of hydrogen-bond acceptors (Lipinski definition) is 5. The van der Waals surface area contributed by atoms with Crippen LogP contribution in [0, 0.1) is 23.2 Å². The summed E-state index contributed by atoms with van der Waals surface area (Å²) in [5, 5.41) is 10.3. The van der Waals surface area contributed by atoms with Gasteiger partial charge >= 0.3 is 6.18 Å². The molecule has 0 radical (unpaired) electrons. The molecule has 0 fully saturated rings. The first-order valence-electron chi connectivity index (χ1n) is 7.01. The number of nitrogens with zero attached hydrogens (tertiary/aromatic N) is 4. The van der Waals surface area contributed by atoms with E-state index in [0.29, 0.717) is 11.3 Å². The third-order valence-corrected chi connectivity index (χ3v) is 3.92. The number of halogens is 3. The van der Waals surface area contributed by atoms with E-state index in [9.17, 15) is 22.8 Å². The Morgan fingerprint density at radius 1 is 1.17 bits per heavy atom. The maximum Gasteiger partial charge on any atom is 0.435 e. The third-order valence-electron chi connectivity index (χ3n) is 2.98. The molecule has 0 atom stereocenters. The molecule has 2 amide bonds. The minimum atomic E-state index is -4.83. The van der Waals surface area contributed by atoms with Gasteiger partial charge in [-0.05, 0) is 0 Å². The zero-order valence-electron chi connectivity index (χ0n) is 13.8. The predicted octanol–water partition coefficient (Wildman–Crippen LogP) is 3.05. The number of anilines is 1. The Labute approximate surface area is 141 Å². The summed E-state index contributed by atoms with van der Waals surface area (Å²) in [5.74, 6) is -2.13. The first kappa shape index (κ1) is 19.9. The van der Waals surface area contributed by atoms with Crippen LogP contribution in [0.5, 0.6) is 0 Å². The Kier molecular flexibility index (Phi) is 5.94. The quantitative estimate of drug-likeness (QED) is 0.775. The SMILES string of the molecule is CC(C)C(=O)N(C)N(C(=O)C(C)C)c1nc(C(F)(F)F)c(C#N)s1. The summed E-state index contributed by atoms with van der Waals surface area (Å²) in [5.41, 5.74) is -1.36. The zero-order chi connectivity index (χ0) is 18.8. The topological polar surface area (TPSA) is 77.3 Å². The van der Waals surface area contributed by atoms with Gasteiger partial charge in [0, 0.05) is 18.9 Å². The van der Waals surface area contributed by atoms with E-state index in [1.54, 1.807) is 27.7 Å². The number of carbonyl (C=O) groups excluding carboxylic acids is 2. The summed E-state index contributed by atoms with van der Waals surface area (Å²) in [6, 6.07) is 1.43. The summed E-state index contributed by atoms with van der Waals surface area (Å²) in [6.07, 6.45) is -4.83. The smallest absolute Gasteiger partial charge is 0.273 e. The zero-order valence-corrected chi connectivity index (χ0v) is 14.6. The van der Waals surface area contributed by atoms with Gasteiger partial charge < -0.3 is 0 Å². The molecule has 1 aromatic rings. The Morgan fingerprint density at radius 2 is 1.67 bits per heavy atom. The predicted molar refractivity (Wildman–Crippen MR) is 81.8 cm³/mol. The van der Waals surface area contributed by atoms with Crippen LogP contribution in [0.1, 0.15) is 38.3 Å². The van der Waals surface area contributed by atoms with Crippen molar-refractivity contribution in [3.8, 4) is 6.07 Å². The number of thiazole rings is 1. The second kappa shape index (κ2) is 7.17. The summed E-state index contributed by atoms with van der Waals surface area (Å²) in [7, 11) is 1.28. The molecule has 0 spiro atoms. The molecule has 0 saturated heterocycles. The third kappa shape index (κ3) is 4.03. The minimum Gasteiger partial charge on any atom is -0.273 e. The molecule has 0 unspecified atom stereocenters. The lowest BCUT2D eigenvalue weighted by Gasteiger charge is -2.31. The average molecular weight is 362 g/mol. The molecule has 0 aromatic carbocycles. The number of carbonyl (C=O) groups is 2. The summed E-state index contributed by atoms with van der Waals surface area (Å²) >= 11 is 0.417. The molecule has 10 heteroatoms. The molecule has 24 heavy (non-hydrogen) atoms. The number of alkyl halides is 3. The van der Waals surface area contributed by atoms with Gasteiger partial charge in [-0.3, -0.25) is 9.59 Å². The fourth-order valence-corrected chi connectivity index (χ4v) is 2.68. The summed E-state index contributed by atoms with van der Waals surface area (Å²) in [6.45, 7) is 6.29. The van der Waals surface area contributed by atoms with Gasteiger partial charge in [0.1, 0.15) is 10.9 Å². The molecule has 0 saturated carbocycles.